The molecule has 0 bridgehead atoms. The molecule has 0 aromatic heterocycles. The first-order valence-electron chi connectivity index (χ1n) is 10.2. The minimum Gasteiger partial charge on any atom is -0.322 e. The minimum atomic E-state index is -0.135. The molecule has 3 aromatic rings. The van der Waals surface area contributed by atoms with E-state index in [2.05, 4.69) is 18.3 Å². The maximum absolute atomic E-state index is 12.7. The number of carbonyl (C=O) groups is 2. The molecule has 2 amide bonds. The molecule has 1 saturated heterocycles. The summed E-state index contributed by atoms with van der Waals surface area (Å²) < 4.78 is 0. The number of aryl methyl sites for hydroxylation is 1. The third-order valence-electron chi connectivity index (χ3n) is 5.13. The highest BCUT2D eigenvalue weighted by atomic mass is 32.2. The van der Waals surface area contributed by atoms with Crippen molar-refractivity contribution >= 4 is 35.0 Å². The zero-order valence-corrected chi connectivity index (χ0v) is 17.7. The number of thioether (sulfide) groups is 1. The summed E-state index contributed by atoms with van der Waals surface area (Å²) in [4.78, 5) is 27.0. The second kappa shape index (κ2) is 9.18. The Hall–Kier alpha value is -3.05. The van der Waals surface area contributed by atoms with Crippen LogP contribution < -0.4 is 10.2 Å². The fraction of sp³-hybridized carbons (Fsp3) is 0.200. The topological polar surface area (TPSA) is 49.4 Å². The fourth-order valence-corrected chi connectivity index (χ4v) is 4.85. The number of carbonyl (C=O) groups excluding carboxylic acids is 2. The molecule has 1 aliphatic rings. The van der Waals surface area contributed by atoms with E-state index in [9.17, 15) is 9.59 Å². The second-order valence-corrected chi connectivity index (χ2v) is 8.32. The van der Waals surface area contributed by atoms with Gasteiger partial charge in [0.1, 0.15) is 5.37 Å². The molecule has 1 fully saturated rings. The highest BCUT2D eigenvalue weighted by Gasteiger charge is 2.34. The van der Waals surface area contributed by atoms with E-state index in [4.69, 9.17) is 0 Å². The number of amides is 2. The molecule has 5 heteroatoms. The number of hydrogen-bond acceptors (Lipinski definition) is 3. The average molecular weight is 417 g/mol. The van der Waals surface area contributed by atoms with Gasteiger partial charge in [-0.15, -0.1) is 11.8 Å². The predicted molar refractivity (Wildman–Crippen MR) is 124 cm³/mol. The molecule has 0 saturated carbocycles. The first-order chi connectivity index (χ1) is 14.7. The van der Waals surface area contributed by atoms with Crippen LogP contribution in [0.1, 0.15) is 40.2 Å². The van der Waals surface area contributed by atoms with Crippen molar-refractivity contribution in [3.8, 4) is 0 Å². The van der Waals surface area contributed by atoms with Gasteiger partial charge in [-0.05, 0) is 47.9 Å². The van der Waals surface area contributed by atoms with Gasteiger partial charge < -0.3 is 5.32 Å². The Labute approximate surface area is 181 Å². The lowest BCUT2D eigenvalue weighted by Crippen LogP contribution is -2.28. The van der Waals surface area contributed by atoms with E-state index in [1.807, 2.05) is 65.6 Å². The molecule has 0 aliphatic carbocycles. The van der Waals surface area contributed by atoms with E-state index in [-0.39, 0.29) is 17.2 Å². The van der Waals surface area contributed by atoms with Crippen LogP contribution in [0.4, 0.5) is 11.4 Å². The van der Waals surface area contributed by atoms with E-state index in [0.29, 0.717) is 11.3 Å². The van der Waals surface area contributed by atoms with Gasteiger partial charge in [-0.1, -0.05) is 61.9 Å². The van der Waals surface area contributed by atoms with Gasteiger partial charge in [0.15, 0.2) is 0 Å². The molecular weight excluding hydrogens is 392 g/mol. The number of nitrogens with one attached hydrogen (secondary N) is 1. The molecule has 30 heavy (non-hydrogen) atoms. The molecule has 0 spiro atoms. The smallest absolute Gasteiger partial charge is 0.255 e. The van der Waals surface area contributed by atoms with Crippen molar-refractivity contribution in [2.75, 3.05) is 16.0 Å². The SMILES string of the molecule is CCCc1ccccc1N1C(=O)CS[C@@H]1c1ccc(NC(=O)c2ccccc2)cc1. The van der Waals surface area contributed by atoms with Crippen molar-refractivity contribution < 1.29 is 9.59 Å². The third kappa shape index (κ3) is 4.26. The number of rotatable bonds is 6. The molecule has 1 N–H and O–H groups in total. The van der Waals surface area contributed by atoms with Crippen LogP contribution in [0, 0.1) is 0 Å². The van der Waals surface area contributed by atoms with Gasteiger partial charge in [0.2, 0.25) is 5.91 Å². The standard InChI is InChI=1S/C25H24N2O2S/c1-2-8-18-9-6-7-12-22(18)27-23(28)17-30-25(27)20-13-15-21(16-14-20)26-24(29)19-10-4-3-5-11-19/h3-7,9-16,25H,2,8,17H2,1H3,(H,26,29)/t25-/m1/s1. The summed E-state index contributed by atoms with van der Waals surface area (Å²) in [6.07, 6.45) is 1.98. The highest BCUT2D eigenvalue weighted by Crippen LogP contribution is 2.43. The van der Waals surface area contributed by atoms with Crippen LogP contribution in [0.3, 0.4) is 0 Å². The number of anilines is 2. The van der Waals surface area contributed by atoms with Crippen molar-refractivity contribution in [1.29, 1.82) is 0 Å². The van der Waals surface area contributed by atoms with E-state index >= 15 is 0 Å². The van der Waals surface area contributed by atoms with Crippen molar-refractivity contribution in [1.82, 2.24) is 0 Å². The van der Waals surface area contributed by atoms with Gasteiger partial charge in [0.25, 0.3) is 5.91 Å². The Kier molecular flexibility index (Phi) is 6.19. The third-order valence-corrected chi connectivity index (χ3v) is 6.34. The molecule has 4 rings (SSSR count). The van der Waals surface area contributed by atoms with Crippen LogP contribution in [-0.2, 0) is 11.2 Å². The summed E-state index contributed by atoms with van der Waals surface area (Å²) in [7, 11) is 0. The van der Waals surface area contributed by atoms with Gasteiger partial charge in [0, 0.05) is 16.9 Å². The van der Waals surface area contributed by atoms with Crippen LogP contribution in [0.15, 0.2) is 78.9 Å². The van der Waals surface area contributed by atoms with Crippen LogP contribution in [0.25, 0.3) is 0 Å². The lowest BCUT2D eigenvalue weighted by molar-refractivity contribution is -0.115. The maximum atomic E-state index is 12.7. The molecule has 0 unspecified atom stereocenters. The Bertz CT molecular complexity index is 1030. The molecule has 3 aromatic carbocycles. The first-order valence-corrected chi connectivity index (χ1v) is 11.2. The summed E-state index contributed by atoms with van der Waals surface area (Å²) in [6.45, 7) is 2.15. The minimum absolute atomic E-state index is 0.0608. The first kappa shape index (κ1) is 20.2. The van der Waals surface area contributed by atoms with Crippen LogP contribution in [-0.4, -0.2) is 17.6 Å². The van der Waals surface area contributed by atoms with Crippen LogP contribution in [0.5, 0.6) is 0 Å². The fourth-order valence-electron chi connectivity index (χ4n) is 3.68. The van der Waals surface area contributed by atoms with Gasteiger partial charge in [-0.25, -0.2) is 0 Å². The molecule has 1 atom stereocenters. The largest absolute Gasteiger partial charge is 0.322 e. The summed E-state index contributed by atoms with van der Waals surface area (Å²) in [6, 6.07) is 25.1. The number of para-hydroxylation sites is 1. The molecule has 1 aliphatic heterocycles. The normalized spacial score (nSPS) is 16.0. The summed E-state index contributed by atoms with van der Waals surface area (Å²) in [5.74, 6) is 0.469. The van der Waals surface area contributed by atoms with E-state index in [1.165, 1.54) is 5.56 Å². The summed E-state index contributed by atoms with van der Waals surface area (Å²) in [5, 5.41) is 2.87. The van der Waals surface area contributed by atoms with Gasteiger partial charge in [0.05, 0.1) is 5.75 Å². The van der Waals surface area contributed by atoms with E-state index < -0.39 is 0 Å². The monoisotopic (exact) mass is 416 g/mol. The van der Waals surface area contributed by atoms with Crippen molar-refractivity contribution in [3.63, 3.8) is 0 Å². The zero-order chi connectivity index (χ0) is 20.9. The maximum Gasteiger partial charge on any atom is 0.255 e. The quantitative estimate of drug-likeness (QED) is 0.563. The molecule has 152 valence electrons. The van der Waals surface area contributed by atoms with Crippen LogP contribution >= 0.6 is 11.8 Å². The Balaban J connectivity index is 1.55. The van der Waals surface area contributed by atoms with Crippen molar-refractivity contribution in [2.24, 2.45) is 0 Å². The average Bonchev–Trinajstić information content (AvgIpc) is 3.17. The zero-order valence-electron chi connectivity index (χ0n) is 16.9. The highest BCUT2D eigenvalue weighted by molar-refractivity contribution is 8.00. The summed E-state index contributed by atoms with van der Waals surface area (Å²) in [5.41, 5.74) is 4.61. The van der Waals surface area contributed by atoms with Crippen molar-refractivity contribution in [2.45, 2.75) is 25.1 Å². The molecule has 4 nitrogen and oxygen atoms in total. The Morgan fingerprint density at radius 1 is 1.00 bits per heavy atom. The van der Waals surface area contributed by atoms with E-state index in [1.54, 1.807) is 23.9 Å². The lowest BCUT2D eigenvalue weighted by atomic mass is 10.1. The molecular formula is C25H24N2O2S. The molecule has 1 heterocycles. The Morgan fingerprint density at radius 2 is 1.70 bits per heavy atom. The number of benzene rings is 3. The predicted octanol–water partition coefficient (Wildman–Crippen LogP) is 5.67. The Morgan fingerprint density at radius 3 is 2.43 bits per heavy atom. The van der Waals surface area contributed by atoms with Gasteiger partial charge in [-0.2, -0.15) is 0 Å². The lowest BCUT2D eigenvalue weighted by Gasteiger charge is -2.26. The number of hydrogen-bond donors (Lipinski definition) is 1. The second-order valence-electron chi connectivity index (χ2n) is 7.25. The number of nitrogens with zero attached hydrogens (tertiary/aromatic N) is 1. The van der Waals surface area contributed by atoms with Gasteiger partial charge in [-0.3, -0.25) is 14.5 Å². The summed E-state index contributed by atoms with van der Waals surface area (Å²) >= 11 is 1.64. The van der Waals surface area contributed by atoms with Crippen LogP contribution in [0.2, 0.25) is 0 Å². The van der Waals surface area contributed by atoms with Crippen molar-refractivity contribution in [3.05, 3.63) is 95.6 Å². The van der Waals surface area contributed by atoms with Gasteiger partial charge >= 0.3 is 0 Å². The molecule has 0 radical (unpaired) electrons. The van der Waals surface area contributed by atoms with E-state index in [0.717, 1.165) is 29.8 Å².